The minimum Gasteiger partial charge on any atom is -0.481 e. The number of aliphatic carboxylic acids is 3. The van der Waals surface area contributed by atoms with Crippen molar-refractivity contribution in [3.8, 4) is 0 Å². The summed E-state index contributed by atoms with van der Waals surface area (Å²) in [6.07, 6.45) is -0.481. The molecule has 0 aromatic carbocycles. The van der Waals surface area contributed by atoms with Crippen molar-refractivity contribution in [1.29, 1.82) is 0 Å². The van der Waals surface area contributed by atoms with Crippen molar-refractivity contribution >= 4 is 17.9 Å². The molecule has 10 heteroatoms. The molecule has 1 radical (unpaired) electrons. The maximum absolute atomic E-state index is 9.00. The van der Waals surface area contributed by atoms with Gasteiger partial charge in [-0.1, -0.05) is 0 Å². The summed E-state index contributed by atoms with van der Waals surface area (Å²) in [5, 5.41) is 30.9. The molecule has 20 heavy (non-hydrogen) atoms. The molecule has 0 saturated carbocycles. The Morgan fingerprint density at radius 1 is 0.950 bits per heavy atom. The van der Waals surface area contributed by atoms with Gasteiger partial charge in [0.15, 0.2) is 0 Å². The van der Waals surface area contributed by atoms with E-state index in [2.05, 4.69) is 0 Å². The number of hydrogen-bond acceptors (Lipinski definition) is 6. The molecule has 0 aliphatic carbocycles. The number of aliphatic hydroxyl groups excluding tert-OH is 1. The van der Waals surface area contributed by atoms with Gasteiger partial charge in [-0.2, -0.15) is 0 Å². The van der Waals surface area contributed by atoms with Crippen molar-refractivity contribution in [2.45, 2.75) is 39.8 Å². The van der Waals surface area contributed by atoms with Crippen molar-refractivity contribution in [2.24, 2.45) is 11.5 Å². The fraction of sp³-hybridized carbons (Fsp3) is 0.700. The summed E-state index contributed by atoms with van der Waals surface area (Å²) in [7, 11) is 0. The molecule has 0 rings (SSSR count). The maximum Gasteiger partial charge on any atom is 0.300 e. The smallest absolute Gasteiger partial charge is 0.300 e. The fourth-order valence-corrected chi connectivity index (χ4v) is 0.197. The molecule has 0 aliphatic rings. The van der Waals surface area contributed by atoms with E-state index in [1.165, 1.54) is 0 Å². The molecule has 0 bridgehead atoms. The summed E-state index contributed by atoms with van der Waals surface area (Å²) in [6, 6.07) is -0.264. The van der Waals surface area contributed by atoms with Gasteiger partial charge < -0.3 is 31.9 Å². The number of carbonyl (C=O) groups is 3. The van der Waals surface area contributed by atoms with E-state index in [4.69, 9.17) is 46.3 Å². The molecular formula is C10H24LaN2O7. The minimum atomic E-state index is -0.833. The van der Waals surface area contributed by atoms with E-state index in [1.807, 2.05) is 0 Å². The van der Waals surface area contributed by atoms with Gasteiger partial charge in [0, 0.05) is 69.0 Å². The SMILES string of the molecule is CC(=O)O.CC(=O)O.CC(=O)O.CC(O)C(N)CN.[La]. The van der Waals surface area contributed by atoms with E-state index >= 15 is 0 Å². The van der Waals surface area contributed by atoms with Crippen LogP contribution in [0.3, 0.4) is 0 Å². The quantitative estimate of drug-likeness (QED) is 0.322. The Balaban J connectivity index is -0.0000000512. The average molecular weight is 423 g/mol. The van der Waals surface area contributed by atoms with Crippen LogP contribution in [0.5, 0.6) is 0 Å². The zero-order valence-corrected chi connectivity index (χ0v) is 15.7. The van der Waals surface area contributed by atoms with Crippen LogP contribution in [0.15, 0.2) is 0 Å². The molecule has 2 atom stereocenters. The Morgan fingerprint density at radius 2 is 1.10 bits per heavy atom. The Bertz CT molecular complexity index is 209. The average Bonchev–Trinajstić information content (AvgIpc) is 2.13. The van der Waals surface area contributed by atoms with Crippen LogP contribution in [-0.4, -0.2) is 57.0 Å². The fourth-order valence-electron chi connectivity index (χ4n) is 0.197. The third kappa shape index (κ3) is 158. The minimum absolute atomic E-state index is 0. The summed E-state index contributed by atoms with van der Waals surface area (Å²) in [6.45, 7) is 5.22. The van der Waals surface area contributed by atoms with Gasteiger partial charge in [-0.15, -0.1) is 0 Å². The molecule has 9 nitrogen and oxygen atoms in total. The van der Waals surface area contributed by atoms with Gasteiger partial charge in [0.1, 0.15) is 0 Å². The van der Waals surface area contributed by atoms with Gasteiger partial charge in [-0.05, 0) is 6.92 Å². The molecule has 0 aliphatic heterocycles. The third-order valence-corrected chi connectivity index (χ3v) is 0.892. The number of nitrogens with two attached hydrogens (primary N) is 2. The first-order valence-corrected chi connectivity index (χ1v) is 5.10. The van der Waals surface area contributed by atoms with Crippen LogP contribution in [0.4, 0.5) is 0 Å². The molecule has 0 fully saturated rings. The van der Waals surface area contributed by atoms with Crippen LogP contribution in [0.2, 0.25) is 0 Å². The second-order valence-corrected chi connectivity index (χ2v) is 3.20. The summed E-state index contributed by atoms with van der Waals surface area (Å²) in [5.74, 6) is -2.50. The molecule has 2 unspecified atom stereocenters. The predicted molar refractivity (Wildman–Crippen MR) is 68.6 cm³/mol. The molecule has 0 amide bonds. The molecular weight excluding hydrogens is 399 g/mol. The number of rotatable bonds is 2. The van der Waals surface area contributed by atoms with Crippen LogP contribution < -0.4 is 11.5 Å². The van der Waals surface area contributed by atoms with Crippen molar-refractivity contribution in [3.05, 3.63) is 0 Å². The topological polar surface area (TPSA) is 184 Å². The van der Waals surface area contributed by atoms with Crippen molar-refractivity contribution in [3.63, 3.8) is 0 Å². The monoisotopic (exact) mass is 423 g/mol. The normalized spacial score (nSPS) is 10.3. The van der Waals surface area contributed by atoms with Crippen molar-refractivity contribution in [1.82, 2.24) is 0 Å². The number of aliphatic hydroxyl groups is 1. The molecule has 0 spiro atoms. The standard InChI is InChI=1S/C4H12N2O.3C2H4O2.La/c1-3(7)4(6)2-5;3*1-2(3)4;/h3-4,7H,2,5-6H2,1H3;3*1H3,(H,3,4);. The summed E-state index contributed by atoms with van der Waals surface area (Å²) in [5.41, 5.74) is 10.3. The first-order valence-electron chi connectivity index (χ1n) is 5.10. The van der Waals surface area contributed by atoms with Crippen LogP contribution in [-0.2, 0) is 14.4 Å². The van der Waals surface area contributed by atoms with Crippen LogP contribution in [0.25, 0.3) is 0 Å². The largest absolute Gasteiger partial charge is 0.481 e. The van der Waals surface area contributed by atoms with Gasteiger partial charge in [0.2, 0.25) is 0 Å². The summed E-state index contributed by atoms with van der Waals surface area (Å²) in [4.78, 5) is 27.0. The third-order valence-electron chi connectivity index (χ3n) is 0.892. The molecule has 0 aromatic rings. The van der Waals surface area contributed by atoms with E-state index < -0.39 is 24.0 Å². The molecule has 0 aromatic heterocycles. The second kappa shape index (κ2) is 23.6. The first kappa shape index (κ1) is 31.7. The number of carboxylic acid groups (broad SMARTS) is 3. The van der Waals surface area contributed by atoms with Crippen molar-refractivity contribution in [2.75, 3.05) is 6.54 Å². The van der Waals surface area contributed by atoms with E-state index in [0.717, 1.165) is 20.8 Å². The van der Waals surface area contributed by atoms with Gasteiger partial charge >= 0.3 is 0 Å². The van der Waals surface area contributed by atoms with Gasteiger partial charge in [0.25, 0.3) is 17.9 Å². The Morgan fingerprint density at radius 3 is 1.10 bits per heavy atom. The number of carboxylic acids is 3. The van der Waals surface area contributed by atoms with Crippen LogP contribution in [0, 0.1) is 35.6 Å². The van der Waals surface area contributed by atoms with E-state index in [-0.39, 0.29) is 41.6 Å². The summed E-state index contributed by atoms with van der Waals surface area (Å²) < 4.78 is 0. The molecule has 119 valence electrons. The van der Waals surface area contributed by atoms with Crippen molar-refractivity contribution < 1.29 is 70.4 Å². The number of hydrogen-bond donors (Lipinski definition) is 6. The predicted octanol–water partition coefficient (Wildman–Crippen LogP) is -1.07. The second-order valence-electron chi connectivity index (χ2n) is 3.20. The Kier molecular flexibility index (Phi) is 37.4. The van der Waals surface area contributed by atoms with Gasteiger partial charge in [-0.25, -0.2) is 0 Å². The van der Waals surface area contributed by atoms with Crippen LogP contribution in [0.1, 0.15) is 27.7 Å². The summed E-state index contributed by atoms with van der Waals surface area (Å²) >= 11 is 0. The Hall–Kier alpha value is -0.515. The zero-order chi connectivity index (χ0) is 16.6. The Labute approximate surface area is 145 Å². The zero-order valence-electron chi connectivity index (χ0n) is 12.1. The molecule has 8 N–H and O–H groups in total. The van der Waals surface area contributed by atoms with Gasteiger partial charge in [0.05, 0.1) is 6.10 Å². The van der Waals surface area contributed by atoms with Gasteiger partial charge in [-0.3, -0.25) is 14.4 Å². The van der Waals surface area contributed by atoms with E-state index in [9.17, 15) is 0 Å². The van der Waals surface area contributed by atoms with E-state index in [1.54, 1.807) is 6.92 Å². The maximum atomic E-state index is 9.00. The molecule has 0 saturated heterocycles. The molecule has 0 heterocycles. The van der Waals surface area contributed by atoms with E-state index in [0.29, 0.717) is 6.54 Å². The van der Waals surface area contributed by atoms with Crippen LogP contribution >= 0.6 is 0 Å². The first-order chi connectivity index (χ1) is 8.38.